The summed E-state index contributed by atoms with van der Waals surface area (Å²) in [7, 11) is 0. The van der Waals surface area contributed by atoms with Crippen LogP contribution in [0.3, 0.4) is 0 Å². The molecule has 0 aliphatic carbocycles. The largest absolute Gasteiger partial charge is 0.357 e. The molecule has 2 aliphatic heterocycles. The number of rotatable bonds is 6. The molecule has 1 aromatic heterocycles. The summed E-state index contributed by atoms with van der Waals surface area (Å²) < 4.78 is 5.31. The van der Waals surface area contributed by atoms with Crippen molar-refractivity contribution < 1.29 is 4.52 Å². The van der Waals surface area contributed by atoms with E-state index in [0.717, 1.165) is 31.4 Å². The molecule has 3 heterocycles. The first-order valence-electron chi connectivity index (χ1n) is 9.77. The Bertz CT molecular complexity index is 570. The molecular weight excluding hydrogens is 443 g/mol. The van der Waals surface area contributed by atoms with Gasteiger partial charge in [-0.1, -0.05) is 19.0 Å². The van der Waals surface area contributed by atoms with E-state index < -0.39 is 0 Å². The van der Waals surface area contributed by atoms with Gasteiger partial charge in [-0.2, -0.15) is 4.98 Å². The van der Waals surface area contributed by atoms with Crippen molar-refractivity contribution in [1.82, 2.24) is 25.3 Å². The van der Waals surface area contributed by atoms with Gasteiger partial charge >= 0.3 is 0 Å². The van der Waals surface area contributed by atoms with E-state index >= 15 is 0 Å². The zero-order valence-corrected chi connectivity index (χ0v) is 18.6. The predicted molar refractivity (Wildman–Crippen MR) is 114 cm³/mol. The normalized spacial score (nSPS) is 21.5. The van der Waals surface area contributed by atoms with Crippen molar-refractivity contribution in [1.29, 1.82) is 0 Å². The molecule has 26 heavy (non-hydrogen) atoms. The first-order chi connectivity index (χ1) is 12.2. The minimum Gasteiger partial charge on any atom is -0.357 e. The summed E-state index contributed by atoms with van der Waals surface area (Å²) in [5.74, 6) is 2.77. The minimum absolute atomic E-state index is 0. The van der Waals surface area contributed by atoms with Gasteiger partial charge in [-0.25, -0.2) is 0 Å². The van der Waals surface area contributed by atoms with E-state index in [1.807, 2.05) is 0 Å². The first-order valence-corrected chi connectivity index (χ1v) is 9.77. The maximum absolute atomic E-state index is 5.31. The number of aromatic nitrogens is 2. The van der Waals surface area contributed by atoms with Gasteiger partial charge in [0.25, 0.3) is 0 Å². The average Bonchev–Trinajstić information content (AvgIpc) is 3.33. The highest BCUT2D eigenvalue weighted by Gasteiger charge is 2.30. The third-order valence-electron chi connectivity index (χ3n) is 5.04. The molecule has 7 nitrogen and oxygen atoms in total. The van der Waals surface area contributed by atoms with Crippen LogP contribution in [0.25, 0.3) is 0 Å². The van der Waals surface area contributed by atoms with E-state index in [9.17, 15) is 0 Å². The summed E-state index contributed by atoms with van der Waals surface area (Å²) in [6, 6.07) is 0.691. The Morgan fingerprint density at radius 1 is 1.31 bits per heavy atom. The third-order valence-corrected chi connectivity index (χ3v) is 5.04. The van der Waals surface area contributed by atoms with Crippen molar-refractivity contribution in [3.8, 4) is 0 Å². The summed E-state index contributed by atoms with van der Waals surface area (Å²) in [5.41, 5.74) is 0. The maximum atomic E-state index is 5.31. The fourth-order valence-electron chi connectivity index (χ4n) is 3.63. The van der Waals surface area contributed by atoms with E-state index in [2.05, 4.69) is 46.0 Å². The summed E-state index contributed by atoms with van der Waals surface area (Å²) in [6.07, 6.45) is 4.64. The van der Waals surface area contributed by atoms with E-state index in [0.29, 0.717) is 30.8 Å². The van der Waals surface area contributed by atoms with Gasteiger partial charge in [0.05, 0.1) is 6.54 Å². The van der Waals surface area contributed by atoms with Gasteiger partial charge in [-0.3, -0.25) is 9.89 Å². The fraction of sp³-hybridized carbons (Fsp3) is 0.833. The summed E-state index contributed by atoms with van der Waals surface area (Å²) in [6.45, 7) is 12.5. The SMILES string of the molecule is CCNC(=NCCc1nc(C(C)C)no1)N1CCC(N2CCCC2)C1.I. The molecule has 1 N–H and O–H groups in total. The zero-order valence-electron chi connectivity index (χ0n) is 16.3. The van der Waals surface area contributed by atoms with Gasteiger partial charge in [0.15, 0.2) is 11.8 Å². The Morgan fingerprint density at radius 2 is 2.08 bits per heavy atom. The van der Waals surface area contributed by atoms with E-state index in [1.165, 1.54) is 32.4 Å². The minimum atomic E-state index is 0. The smallest absolute Gasteiger partial charge is 0.228 e. The highest BCUT2D eigenvalue weighted by Crippen LogP contribution is 2.20. The van der Waals surface area contributed by atoms with Gasteiger partial charge in [-0.15, -0.1) is 24.0 Å². The number of aliphatic imine (C=N–C) groups is 1. The Balaban J connectivity index is 0.00000243. The van der Waals surface area contributed by atoms with Crippen molar-refractivity contribution in [2.24, 2.45) is 4.99 Å². The lowest BCUT2D eigenvalue weighted by Gasteiger charge is -2.25. The molecule has 0 bridgehead atoms. The van der Waals surface area contributed by atoms with Crippen LogP contribution in [0.5, 0.6) is 0 Å². The molecular formula is C18H33IN6O. The summed E-state index contributed by atoms with van der Waals surface area (Å²) in [4.78, 5) is 14.3. The summed E-state index contributed by atoms with van der Waals surface area (Å²) in [5, 5.41) is 7.45. The molecule has 1 atom stereocenters. The Kier molecular flexibility index (Phi) is 8.59. The molecule has 0 radical (unpaired) electrons. The lowest BCUT2D eigenvalue weighted by atomic mass is 10.2. The lowest BCUT2D eigenvalue weighted by molar-refractivity contribution is 0.249. The molecule has 148 valence electrons. The van der Waals surface area contributed by atoms with Crippen LogP contribution in [-0.4, -0.2) is 71.2 Å². The number of guanidine groups is 1. The number of nitrogens with zero attached hydrogens (tertiary/aromatic N) is 5. The van der Waals surface area contributed by atoms with Crippen LogP contribution in [0.1, 0.15) is 57.7 Å². The molecule has 2 fully saturated rings. The predicted octanol–water partition coefficient (Wildman–Crippen LogP) is 2.49. The van der Waals surface area contributed by atoms with Crippen molar-refractivity contribution in [3.63, 3.8) is 0 Å². The second-order valence-electron chi connectivity index (χ2n) is 7.32. The van der Waals surface area contributed by atoms with Crippen LogP contribution in [0, 0.1) is 0 Å². The van der Waals surface area contributed by atoms with E-state index in [-0.39, 0.29) is 24.0 Å². The molecule has 1 aromatic rings. The Labute approximate surface area is 174 Å². The Hall–Kier alpha value is -0.900. The van der Waals surface area contributed by atoms with Crippen LogP contribution < -0.4 is 5.32 Å². The van der Waals surface area contributed by atoms with Crippen LogP contribution in [0.2, 0.25) is 0 Å². The van der Waals surface area contributed by atoms with Crippen LogP contribution >= 0.6 is 24.0 Å². The highest BCUT2D eigenvalue weighted by atomic mass is 127. The van der Waals surface area contributed by atoms with Crippen LogP contribution in [0.4, 0.5) is 0 Å². The number of nitrogens with one attached hydrogen (secondary N) is 1. The molecule has 3 rings (SSSR count). The van der Waals surface area contributed by atoms with E-state index in [1.54, 1.807) is 0 Å². The van der Waals surface area contributed by atoms with Gasteiger partial charge in [0, 0.05) is 38.0 Å². The average molecular weight is 476 g/mol. The monoisotopic (exact) mass is 476 g/mol. The van der Waals surface area contributed by atoms with Crippen molar-refractivity contribution in [3.05, 3.63) is 11.7 Å². The molecule has 0 aromatic carbocycles. The zero-order chi connectivity index (χ0) is 17.6. The summed E-state index contributed by atoms with van der Waals surface area (Å²) >= 11 is 0. The second-order valence-corrected chi connectivity index (χ2v) is 7.32. The van der Waals surface area contributed by atoms with E-state index in [4.69, 9.17) is 9.52 Å². The topological polar surface area (TPSA) is 69.8 Å². The molecule has 0 saturated carbocycles. The van der Waals surface area contributed by atoms with Crippen molar-refractivity contribution in [2.45, 2.75) is 58.4 Å². The van der Waals surface area contributed by atoms with Gasteiger partial charge in [0.2, 0.25) is 5.89 Å². The first kappa shape index (κ1) is 21.4. The highest BCUT2D eigenvalue weighted by molar-refractivity contribution is 14.0. The number of hydrogen-bond acceptors (Lipinski definition) is 5. The second kappa shape index (κ2) is 10.4. The molecule has 1 unspecified atom stereocenters. The molecule has 0 amide bonds. The molecule has 2 saturated heterocycles. The molecule has 2 aliphatic rings. The number of halogens is 1. The lowest BCUT2D eigenvalue weighted by Crippen LogP contribution is -2.42. The van der Waals surface area contributed by atoms with Crippen LogP contribution in [-0.2, 0) is 6.42 Å². The van der Waals surface area contributed by atoms with Crippen LogP contribution in [0.15, 0.2) is 9.52 Å². The Morgan fingerprint density at radius 3 is 2.73 bits per heavy atom. The standard InChI is InChI=1S/C18H32N6O.HI/c1-4-19-18(20-9-7-16-21-17(14(2)3)22-25-16)24-12-8-15(13-24)23-10-5-6-11-23;/h14-15H,4-13H2,1-3H3,(H,19,20);1H. The molecule has 0 spiro atoms. The third kappa shape index (κ3) is 5.55. The van der Waals surface area contributed by atoms with Gasteiger partial charge in [0.1, 0.15) is 0 Å². The fourth-order valence-corrected chi connectivity index (χ4v) is 3.63. The van der Waals surface area contributed by atoms with Crippen molar-refractivity contribution >= 4 is 29.9 Å². The number of likely N-dealkylation sites (tertiary alicyclic amines) is 2. The van der Waals surface area contributed by atoms with Gasteiger partial charge in [-0.05, 0) is 39.3 Å². The maximum Gasteiger partial charge on any atom is 0.228 e. The van der Waals surface area contributed by atoms with Crippen molar-refractivity contribution in [2.75, 3.05) is 39.3 Å². The molecule has 8 heteroatoms. The number of hydrogen-bond donors (Lipinski definition) is 1. The quantitative estimate of drug-likeness (QED) is 0.387. The van der Waals surface area contributed by atoms with Gasteiger partial charge < -0.3 is 14.7 Å².